The maximum absolute atomic E-state index is 14.0. The second-order valence-corrected chi connectivity index (χ2v) is 10.2. The molecule has 2 aromatic heterocycles. The number of carbonyl (C=O) groups is 1. The van der Waals surface area contributed by atoms with E-state index < -0.39 is 12.0 Å². The van der Waals surface area contributed by atoms with Gasteiger partial charge in [0.1, 0.15) is 11.8 Å². The van der Waals surface area contributed by atoms with Crippen molar-refractivity contribution in [3.8, 4) is 5.75 Å². The van der Waals surface area contributed by atoms with Gasteiger partial charge in [-0.3, -0.25) is 9.36 Å². The summed E-state index contributed by atoms with van der Waals surface area (Å²) in [5.74, 6) is 0.124. The van der Waals surface area contributed by atoms with Crippen LogP contribution in [0.4, 0.5) is 0 Å². The highest BCUT2D eigenvalue weighted by Crippen LogP contribution is 2.36. The Hall–Kier alpha value is -3.91. The van der Waals surface area contributed by atoms with E-state index in [1.165, 1.54) is 11.3 Å². The summed E-state index contributed by atoms with van der Waals surface area (Å²) in [6, 6.07) is 14.9. The summed E-state index contributed by atoms with van der Waals surface area (Å²) in [7, 11) is 1.99. The minimum absolute atomic E-state index is 0.0838. The number of hydrogen-bond acceptors (Lipinski definition) is 6. The molecule has 0 radical (unpaired) electrons. The van der Waals surface area contributed by atoms with E-state index in [2.05, 4.69) is 11.1 Å². The lowest BCUT2D eigenvalue weighted by Gasteiger charge is -2.26. The third kappa shape index (κ3) is 4.42. The zero-order chi connectivity index (χ0) is 26.3. The second-order valence-electron chi connectivity index (χ2n) is 9.22. The number of hydrogen-bond donors (Lipinski definition) is 0. The zero-order valence-electron chi connectivity index (χ0n) is 21.5. The molecule has 7 nitrogen and oxygen atoms in total. The summed E-state index contributed by atoms with van der Waals surface area (Å²) in [5.41, 5.74) is 3.40. The first-order valence-corrected chi connectivity index (χ1v) is 13.1. The minimum atomic E-state index is -0.722. The number of ether oxygens (including phenoxy) is 2. The molecule has 190 valence electrons. The van der Waals surface area contributed by atoms with Crippen molar-refractivity contribution in [3.63, 3.8) is 0 Å². The standard InChI is InChI=1S/C29H29N3O4S/c1-6-35-28(34)25-18(4)30-29-32(26(25)21-12-8-10-14-23(21)36-17(2)3)27(33)24(37-29)15-19-16-31(5)22-13-9-7-11-20(19)22/h7-17,26H,6H2,1-5H3/b24-15-. The van der Waals surface area contributed by atoms with Crippen LogP contribution in [-0.2, 0) is 16.6 Å². The van der Waals surface area contributed by atoms with Crippen LogP contribution in [0.25, 0.3) is 17.0 Å². The van der Waals surface area contributed by atoms with Gasteiger partial charge in [-0.25, -0.2) is 9.79 Å². The van der Waals surface area contributed by atoms with Gasteiger partial charge in [-0.1, -0.05) is 47.7 Å². The Kier molecular flexibility index (Phi) is 6.60. The predicted octanol–water partition coefficient (Wildman–Crippen LogP) is 4.08. The van der Waals surface area contributed by atoms with E-state index in [9.17, 15) is 9.59 Å². The molecule has 0 saturated heterocycles. The number of aromatic nitrogens is 2. The quantitative estimate of drug-likeness (QED) is 0.363. The molecule has 0 amide bonds. The maximum atomic E-state index is 14.0. The van der Waals surface area contributed by atoms with Crippen LogP contribution in [0.5, 0.6) is 5.75 Å². The second kappa shape index (κ2) is 9.86. The molecule has 0 aliphatic carbocycles. The Morgan fingerprint density at radius 2 is 1.89 bits per heavy atom. The fourth-order valence-corrected chi connectivity index (χ4v) is 5.82. The van der Waals surface area contributed by atoms with Gasteiger partial charge in [-0.05, 0) is 45.9 Å². The van der Waals surface area contributed by atoms with Gasteiger partial charge in [0.15, 0.2) is 4.80 Å². The Morgan fingerprint density at radius 3 is 2.65 bits per heavy atom. The van der Waals surface area contributed by atoms with Crippen LogP contribution in [0.3, 0.4) is 0 Å². The molecule has 1 unspecified atom stereocenters. The normalized spacial score (nSPS) is 15.7. The van der Waals surface area contributed by atoms with Gasteiger partial charge < -0.3 is 14.0 Å². The van der Waals surface area contributed by atoms with Gasteiger partial charge in [0.25, 0.3) is 5.56 Å². The third-order valence-corrected chi connectivity index (χ3v) is 7.29. The number of thiazole rings is 1. The molecule has 1 atom stereocenters. The topological polar surface area (TPSA) is 74.8 Å². The van der Waals surface area contributed by atoms with Gasteiger partial charge in [0, 0.05) is 35.3 Å². The number of fused-ring (bicyclic) bond motifs is 2. The number of para-hydroxylation sites is 2. The summed E-state index contributed by atoms with van der Waals surface area (Å²) in [5, 5.41) is 1.06. The summed E-state index contributed by atoms with van der Waals surface area (Å²) in [4.78, 5) is 32.4. The fourth-order valence-electron chi connectivity index (χ4n) is 4.78. The monoisotopic (exact) mass is 515 g/mol. The highest BCUT2D eigenvalue weighted by atomic mass is 32.1. The van der Waals surface area contributed by atoms with E-state index >= 15 is 0 Å². The van der Waals surface area contributed by atoms with E-state index in [4.69, 9.17) is 9.47 Å². The number of carbonyl (C=O) groups excluding carboxylic acids is 1. The molecule has 0 bridgehead atoms. The largest absolute Gasteiger partial charge is 0.491 e. The van der Waals surface area contributed by atoms with Crippen molar-refractivity contribution in [3.05, 3.63) is 96.8 Å². The molecule has 3 heterocycles. The summed E-state index contributed by atoms with van der Waals surface area (Å²) >= 11 is 1.32. The van der Waals surface area contributed by atoms with Crippen LogP contribution in [0.1, 0.15) is 44.9 Å². The smallest absolute Gasteiger partial charge is 0.338 e. The van der Waals surface area contributed by atoms with Crippen LogP contribution >= 0.6 is 11.3 Å². The van der Waals surface area contributed by atoms with Crippen molar-refractivity contribution in [1.82, 2.24) is 9.13 Å². The SMILES string of the molecule is CCOC(=O)C1=C(C)N=c2s/c(=C\c3cn(C)c4ccccc34)c(=O)n2C1c1ccccc1OC(C)C. The average molecular weight is 516 g/mol. The predicted molar refractivity (Wildman–Crippen MR) is 146 cm³/mol. The van der Waals surface area contributed by atoms with Crippen molar-refractivity contribution < 1.29 is 14.3 Å². The first-order chi connectivity index (χ1) is 17.8. The van der Waals surface area contributed by atoms with Gasteiger partial charge in [-0.15, -0.1) is 0 Å². The fraction of sp³-hybridized carbons (Fsp3) is 0.276. The Bertz CT molecular complexity index is 1720. The number of aryl methyl sites for hydroxylation is 1. The van der Waals surface area contributed by atoms with Crippen LogP contribution in [-0.4, -0.2) is 27.8 Å². The lowest BCUT2D eigenvalue weighted by Crippen LogP contribution is -2.40. The van der Waals surface area contributed by atoms with Crippen molar-refractivity contribution in [2.24, 2.45) is 12.0 Å². The molecule has 8 heteroatoms. The molecular weight excluding hydrogens is 486 g/mol. The number of benzene rings is 2. The Morgan fingerprint density at radius 1 is 1.16 bits per heavy atom. The highest BCUT2D eigenvalue weighted by molar-refractivity contribution is 7.07. The van der Waals surface area contributed by atoms with Crippen LogP contribution in [0, 0.1) is 0 Å². The van der Waals surface area contributed by atoms with Crippen molar-refractivity contribution in [1.29, 1.82) is 0 Å². The molecule has 0 N–H and O–H groups in total. The number of nitrogens with zero attached hydrogens (tertiary/aromatic N) is 3. The molecule has 0 saturated carbocycles. The average Bonchev–Trinajstić information content (AvgIpc) is 3.34. The summed E-state index contributed by atoms with van der Waals surface area (Å²) < 4.78 is 15.7. The first-order valence-electron chi connectivity index (χ1n) is 12.3. The first kappa shape index (κ1) is 24.8. The third-order valence-electron chi connectivity index (χ3n) is 6.31. The van der Waals surface area contributed by atoms with Crippen molar-refractivity contribution in [2.45, 2.75) is 39.8 Å². The van der Waals surface area contributed by atoms with Gasteiger partial charge in [-0.2, -0.15) is 0 Å². The van der Waals surface area contributed by atoms with Gasteiger partial charge in [0.2, 0.25) is 0 Å². The highest BCUT2D eigenvalue weighted by Gasteiger charge is 2.35. The number of esters is 1. The molecule has 0 fully saturated rings. The number of rotatable bonds is 6. The number of allylic oxidation sites excluding steroid dienone is 1. The van der Waals surface area contributed by atoms with E-state index in [0.717, 1.165) is 16.5 Å². The van der Waals surface area contributed by atoms with Crippen molar-refractivity contribution >= 4 is 34.3 Å². The van der Waals surface area contributed by atoms with E-state index in [-0.39, 0.29) is 18.3 Å². The molecule has 2 aromatic carbocycles. The maximum Gasteiger partial charge on any atom is 0.338 e. The van der Waals surface area contributed by atoms with Crippen LogP contribution in [0.2, 0.25) is 0 Å². The molecule has 1 aliphatic rings. The lowest BCUT2D eigenvalue weighted by atomic mass is 9.95. The van der Waals surface area contributed by atoms with Gasteiger partial charge >= 0.3 is 5.97 Å². The molecule has 37 heavy (non-hydrogen) atoms. The van der Waals surface area contributed by atoms with Crippen LogP contribution in [0.15, 0.2) is 75.8 Å². The van der Waals surface area contributed by atoms with Crippen molar-refractivity contribution in [2.75, 3.05) is 6.61 Å². The van der Waals surface area contributed by atoms with Gasteiger partial charge in [0.05, 0.1) is 28.5 Å². The molecule has 4 aromatic rings. The van der Waals surface area contributed by atoms with E-state index in [1.54, 1.807) is 18.4 Å². The molecule has 0 spiro atoms. The minimum Gasteiger partial charge on any atom is -0.491 e. The lowest BCUT2D eigenvalue weighted by molar-refractivity contribution is -0.139. The van der Waals surface area contributed by atoms with Crippen LogP contribution < -0.4 is 19.6 Å². The summed E-state index contributed by atoms with van der Waals surface area (Å²) in [6.45, 7) is 7.66. The molecule has 1 aliphatic heterocycles. The van der Waals surface area contributed by atoms with E-state index in [0.29, 0.717) is 31.9 Å². The Balaban J connectivity index is 1.77. The Labute approximate surface area is 218 Å². The molecule has 5 rings (SSSR count). The molecular formula is C29H29N3O4S. The van der Waals surface area contributed by atoms with E-state index in [1.807, 2.05) is 80.2 Å². The zero-order valence-corrected chi connectivity index (χ0v) is 22.3. The summed E-state index contributed by atoms with van der Waals surface area (Å²) in [6.07, 6.45) is 3.84.